The van der Waals surface area contributed by atoms with E-state index in [1.165, 1.54) is 5.56 Å². The fraction of sp³-hybridized carbons (Fsp3) is 0.346. The third-order valence-corrected chi connectivity index (χ3v) is 6.58. The van der Waals surface area contributed by atoms with E-state index in [9.17, 15) is 4.79 Å². The molecule has 1 aromatic heterocycles. The molecule has 3 heterocycles. The number of carbonyl (C=O) groups is 1. The van der Waals surface area contributed by atoms with Crippen LogP contribution in [0.25, 0.3) is 11.3 Å². The van der Waals surface area contributed by atoms with Gasteiger partial charge in [-0.3, -0.25) is 4.79 Å². The summed E-state index contributed by atoms with van der Waals surface area (Å²) in [7, 11) is 1.66. The summed E-state index contributed by atoms with van der Waals surface area (Å²) in [4.78, 5) is 26.6. The first-order valence-electron chi connectivity index (χ1n) is 11.3. The Kier molecular flexibility index (Phi) is 5.75. The van der Waals surface area contributed by atoms with Crippen molar-refractivity contribution in [1.29, 1.82) is 0 Å². The van der Waals surface area contributed by atoms with Crippen LogP contribution in [0.3, 0.4) is 0 Å². The number of amides is 1. The fourth-order valence-corrected chi connectivity index (χ4v) is 4.78. The van der Waals surface area contributed by atoms with Crippen molar-refractivity contribution >= 4 is 17.4 Å². The first kappa shape index (κ1) is 20.5. The highest BCUT2D eigenvalue weighted by Crippen LogP contribution is 2.31. The van der Waals surface area contributed by atoms with E-state index in [1.807, 2.05) is 41.3 Å². The molecule has 0 N–H and O–H groups in total. The molecular formula is C26H28N4O2. The molecule has 0 spiro atoms. The smallest absolute Gasteiger partial charge is 0.230 e. The number of rotatable bonds is 4. The summed E-state index contributed by atoms with van der Waals surface area (Å²) >= 11 is 0. The third kappa shape index (κ3) is 4.05. The molecule has 5 rings (SSSR count). The lowest BCUT2D eigenvalue weighted by Crippen LogP contribution is -2.44. The maximum absolute atomic E-state index is 13.3. The van der Waals surface area contributed by atoms with Crippen molar-refractivity contribution in [3.63, 3.8) is 0 Å². The molecule has 1 amide bonds. The molecule has 2 aliphatic rings. The molecule has 32 heavy (non-hydrogen) atoms. The quantitative estimate of drug-likeness (QED) is 0.618. The zero-order valence-corrected chi connectivity index (χ0v) is 18.4. The lowest BCUT2D eigenvalue weighted by molar-refractivity contribution is -0.123. The maximum atomic E-state index is 13.3. The van der Waals surface area contributed by atoms with Gasteiger partial charge in [0.05, 0.1) is 12.8 Å². The van der Waals surface area contributed by atoms with Gasteiger partial charge in [-0.15, -0.1) is 0 Å². The van der Waals surface area contributed by atoms with Crippen LogP contribution < -0.4 is 14.5 Å². The molecule has 1 saturated heterocycles. The molecular weight excluding hydrogens is 400 g/mol. The van der Waals surface area contributed by atoms with Crippen LogP contribution in [0.4, 0.5) is 11.5 Å². The molecule has 6 nitrogen and oxygen atoms in total. The second-order valence-electron chi connectivity index (χ2n) is 8.47. The van der Waals surface area contributed by atoms with E-state index in [4.69, 9.17) is 4.74 Å². The molecule has 164 valence electrons. The monoisotopic (exact) mass is 428 g/mol. The van der Waals surface area contributed by atoms with Crippen molar-refractivity contribution in [2.45, 2.75) is 25.7 Å². The van der Waals surface area contributed by atoms with Crippen LogP contribution in [-0.4, -0.2) is 42.6 Å². The summed E-state index contributed by atoms with van der Waals surface area (Å²) in [6.45, 7) is 2.48. The number of anilines is 2. The standard InChI is InChI=1S/C26H28N4O2/c1-32-22-10-8-19(9-11-22)23-17-25(28-18-27-23)29-15-12-21(13-16-29)26(31)30-14-4-6-20-5-2-3-7-24(20)30/h2-3,5,7-11,17-18,21H,4,6,12-16H2,1H3. The van der Waals surface area contributed by atoms with Crippen molar-refractivity contribution in [1.82, 2.24) is 9.97 Å². The largest absolute Gasteiger partial charge is 0.497 e. The van der Waals surface area contributed by atoms with Crippen LogP contribution in [0.1, 0.15) is 24.8 Å². The highest BCUT2D eigenvalue weighted by molar-refractivity contribution is 5.96. The topological polar surface area (TPSA) is 58.6 Å². The summed E-state index contributed by atoms with van der Waals surface area (Å²) in [6.07, 6.45) is 5.41. The van der Waals surface area contributed by atoms with Gasteiger partial charge in [-0.2, -0.15) is 0 Å². The average molecular weight is 429 g/mol. The first-order chi connectivity index (χ1) is 15.7. The van der Waals surface area contributed by atoms with Gasteiger partial charge in [0, 0.05) is 42.9 Å². The van der Waals surface area contributed by atoms with Gasteiger partial charge >= 0.3 is 0 Å². The molecule has 2 aromatic carbocycles. The predicted octanol–water partition coefficient (Wildman–Crippen LogP) is 4.35. The Morgan fingerprint density at radius 1 is 1.00 bits per heavy atom. The number of nitrogens with zero attached hydrogens (tertiary/aromatic N) is 4. The average Bonchev–Trinajstić information content (AvgIpc) is 2.88. The second kappa shape index (κ2) is 8.99. The lowest BCUT2D eigenvalue weighted by atomic mass is 9.93. The predicted molar refractivity (Wildman–Crippen MR) is 126 cm³/mol. The van der Waals surface area contributed by atoms with Crippen molar-refractivity contribution < 1.29 is 9.53 Å². The van der Waals surface area contributed by atoms with Crippen molar-refractivity contribution in [2.24, 2.45) is 5.92 Å². The van der Waals surface area contributed by atoms with Gasteiger partial charge in [-0.25, -0.2) is 9.97 Å². The summed E-state index contributed by atoms with van der Waals surface area (Å²) in [6, 6.07) is 18.2. The van der Waals surface area contributed by atoms with Crippen LogP contribution in [-0.2, 0) is 11.2 Å². The molecule has 0 atom stereocenters. The Hall–Kier alpha value is -3.41. The van der Waals surface area contributed by atoms with Crippen molar-refractivity contribution in [3.05, 3.63) is 66.5 Å². The van der Waals surface area contributed by atoms with E-state index in [-0.39, 0.29) is 11.8 Å². The number of hydrogen-bond acceptors (Lipinski definition) is 5. The van der Waals surface area contributed by atoms with E-state index >= 15 is 0 Å². The van der Waals surface area contributed by atoms with Crippen LogP contribution in [0.5, 0.6) is 5.75 Å². The zero-order chi connectivity index (χ0) is 21.9. The van der Waals surface area contributed by atoms with E-state index in [0.29, 0.717) is 0 Å². The van der Waals surface area contributed by atoms with Gasteiger partial charge in [0.15, 0.2) is 0 Å². The van der Waals surface area contributed by atoms with E-state index in [1.54, 1.807) is 13.4 Å². The third-order valence-electron chi connectivity index (χ3n) is 6.58. The van der Waals surface area contributed by atoms with Gasteiger partial charge in [0.1, 0.15) is 17.9 Å². The number of ether oxygens (including phenoxy) is 1. The van der Waals surface area contributed by atoms with Crippen LogP contribution in [0.15, 0.2) is 60.9 Å². The molecule has 3 aromatic rings. The maximum Gasteiger partial charge on any atom is 0.230 e. The van der Waals surface area contributed by atoms with E-state index in [0.717, 1.165) is 73.8 Å². The molecule has 0 unspecified atom stereocenters. The number of piperidine rings is 1. The molecule has 0 saturated carbocycles. The summed E-state index contributed by atoms with van der Waals surface area (Å²) < 4.78 is 5.24. The minimum Gasteiger partial charge on any atom is -0.497 e. The normalized spacial score (nSPS) is 16.5. The Balaban J connectivity index is 1.26. The molecule has 0 aliphatic carbocycles. The highest BCUT2D eigenvalue weighted by Gasteiger charge is 2.31. The number of aromatic nitrogens is 2. The van der Waals surface area contributed by atoms with Crippen LogP contribution in [0, 0.1) is 5.92 Å². The first-order valence-corrected chi connectivity index (χ1v) is 11.3. The zero-order valence-electron chi connectivity index (χ0n) is 18.4. The number of methoxy groups -OCH3 is 1. The number of para-hydroxylation sites is 1. The van der Waals surface area contributed by atoms with Gasteiger partial charge in [-0.05, 0) is 61.6 Å². The molecule has 0 radical (unpaired) electrons. The SMILES string of the molecule is COc1ccc(-c2cc(N3CCC(C(=O)N4CCCc5ccccc54)CC3)ncn2)cc1. The number of fused-ring (bicyclic) bond motifs is 1. The van der Waals surface area contributed by atoms with Gasteiger partial charge in [0.25, 0.3) is 0 Å². The Bertz CT molecular complexity index is 1090. The van der Waals surface area contributed by atoms with E-state index in [2.05, 4.69) is 33.1 Å². The second-order valence-corrected chi connectivity index (χ2v) is 8.47. The van der Waals surface area contributed by atoms with Gasteiger partial charge in [0.2, 0.25) is 5.91 Å². The Morgan fingerprint density at radius 3 is 2.56 bits per heavy atom. The fourth-order valence-electron chi connectivity index (χ4n) is 4.78. The number of benzene rings is 2. The Morgan fingerprint density at radius 2 is 1.78 bits per heavy atom. The molecule has 2 aliphatic heterocycles. The van der Waals surface area contributed by atoms with Gasteiger partial charge < -0.3 is 14.5 Å². The summed E-state index contributed by atoms with van der Waals surface area (Å²) in [5, 5.41) is 0. The van der Waals surface area contributed by atoms with Crippen LogP contribution in [0.2, 0.25) is 0 Å². The van der Waals surface area contributed by atoms with Crippen LogP contribution >= 0.6 is 0 Å². The Labute approximate surface area is 188 Å². The molecule has 6 heteroatoms. The summed E-state index contributed by atoms with van der Waals surface area (Å²) in [5.41, 5.74) is 4.31. The minimum absolute atomic E-state index is 0.0697. The number of hydrogen-bond donors (Lipinski definition) is 0. The number of carbonyl (C=O) groups excluding carboxylic acids is 1. The molecule has 0 bridgehead atoms. The number of aryl methyl sites for hydroxylation is 1. The van der Waals surface area contributed by atoms with Crippen molar-refractivity contribution in [3.8, 4) is 17.0 Å². The lowest BCUT2D eigenvalue weighted by Gasteiger charge is -2.36. The highest BCUT2D eigenvalue weighted by atomic mass is 16.5. The van der Waals surface area contributed by atoms with Gasteiger partial charge in [-0.1, -0.05) is 18.2 Å². The summed E-state index contributed by atoms with van der Waals surface area (Å²) in [5.74, 6) is 2.09. The molecule has 1 fully saturated rings. The minimum atomic E-state index is 0.0697. The van der Waals surface area contributed by atoms with Crippen molar-refractivity contribution in [2.75, 3.05) is 36.5 Å². The van der Waals surface area contributed by atoms with E-state index < -0.39 is 0 Å².